The van der Waals surface area contributed by atoms with Crippen LogP contribution in [0.3, 0.4) is 0 Å². The predicted octanol–water partition coefficient (Wildman–Crippen LogP) is 6.49. The summed E-state index contributed by atoms with van der Waals surface area (Å²) in [5, 5.41) is 0. The van der Waals surface area contributed by atoms with Gasteiger partial charge in [0.05, 0.1) is 25.4 Å². The minimum atomic E-state index is 0.366. The van der Waals surface area contributed by atoms with Gasteiger partial charge in [0.15, 0.2) is 0 Å². The van der Waals surface area contributed by atoms with Crippen molar-refractivity contribution in [1.82, 2.24) is 19.6 Å². The van der Waals surface area contributed by atoms with Crippen LogP contribution in [0.15, 0.2) is 0 Å². The first-order valence-electron chi connectivity index (χ1n) is 16.0. The molecule has 0 unspecified atom stereocenters. The first-order valence-corrected chi connectivity index (χ1v) is 16.0. The van der Waals surface area contributed by atoms with E-state index < -0.39 is 0 Å². The molecule has 6 nitrogen and oxygen atoms in total. The molecule has 2 rings (SSSR count). The Kier molecular flexibility index (Phi) is 28.3. The van der Waals surface area contributed by atoms with Crippen LogP contribution in [-0.2, 0) is 9.47 Å². The monoisotopic (exact) mass is 545 g/mol. The van der Waals surface area contributed by atoms with Gasteiger partial charge in [-0.3, -0.25) is 0 Å². The van der Waals surface area contributed by atoms with E-state index in [-0.39, 0.29) is 0 Å². The Morgan fingerprint density at radius 2 is 0.895 bits per heavy atom. The SMILES string of the molecule is CC(C)N1CCCCC1.CC(C)N1CCCCC1.CC(C)OCCN(C)C.CCN(CC)CCOC(C)C. The maximum Gasteiger partial charge on any atom is 0.0596 e. The Morgan fingerprint density at radius 1 is 0.553 bits per heavy atom. The number of hydrogen-bond donors (Lipinski definition) is 0. The van der Waals surface area contributed by atoms with Crippen molar-refractivity contribution in [3.63, 3.8) is 0 Å². The summed E-state index contributed by atoms with van der Waals surface area (Å²) in [6.07, 6.45) is 9.29. The number of ether oxygens (including phenoxy) is 2. The molecule has 0 bridgehead atoms. The summed E-state index contributed by atoms with van der Waals surface area (Å²) in [6, 6.07) is 1.54. The Balaban J connectivity index is 0. The highest BCUT2D eigenvalue weighted by molar-refractivity contribution is 4.68. The van der Waals surface area contributed by atoms with Gasteiger partial charge in [-0.05, 0) is 134 Å². The molecular formula is C32H72N4O2. The number of piperidine rings is 2. The van der Waals surface area contributed by atoms with E-state index in [1.807, 2.05) is 14.1 Å². The first-order chi connectivity index (χ1) is 17.9. The van der Waals surface area contributed by atoms with E-state index >= 15 is 0 Å². The standard InChI is InChI=1S/C9H21NO.2C8H17N.C7H17NO/c1-5-10(6-2)7-8-11-9(3)4;2*1-8(2)9-6-4-3-5-7-9;1-7(2)9-6-5-8(3)4/h9H,5-8H2,1-4H3;2*8H,3-7H2,1-2H3;7H,5-6H2,1-4H3. The molecule has 38 heavy (non-hydrogen) atoms. The molecule has 0 saturated carbocycles. The molecule has 2 aliphatic heterocycles. The smallest absolute Gasteiger partial charge is 0.0596 e. The lowest BCUT2D eigenvalue weighted by molar-refractivity contribution is 0.0610. The Hall–Kier alpha value is -0.240. The molecule has 0 aromatic carbocycles. The number of rotatable bonds is 12. The minimum Gasteiger partial charge on any atom is -0.377 e. The maximum absolute atomic E-state index is 5.43. The normalized spacial score (nSPS) is 16.9. The third-order valence-corrected chi connectivity index (χ3v) is 6.98. The van der Waals surface area contributed by atoms with Crippen LogP contribution in [0, 0.1) is 0 Å². The van der Waals surface area contributed by atoms with Crippen molar-refractivity contribution >= 4 is 0 Å². The van der Waals surface area contributed by atoms with Crippen molar-refractivity contribution in [1.29, 1.82) is 0 Å². The number of likely N-dealkylation sites (N-methyl/N-ethyl adjacent to an activating group) is 2. The second kappa shape index (κ2) is 27.0. The maximum atomic E-state index is 5.43. The van der Waals surface area contributed by atoms with Crippen molar-refractivity contribution < 1.29 is 9.47 Å². The van der Waals surface area contributed by atoms with Gasteiger partial charge in [0.2, 0.25) is 0 Å². The van der Waals surface area contributed by atoms with E-state index in [9.17, 15) is 0 Å². The highest BCUT2D eigenvalue weighted by Crippen LogP contribution is 2.11. The average Bonchev–Trinajstić information content (AvgIpc) is 2.88. The summed E-state index contributed by atoms with van der Waals surface area (Å²) in [5.41, 5.74) is 0. The van der Waals surface area contributed by atoms with Crippen LogP contribution >= 0.6 is 0 Å². The molecule has 0 radical (unpaired) electrons. The summed E-state index contributed by atoms with van der Waals surface area (Å²) < 4.78 is 10.7. The Labute approximate surface area is 240 Å². The first kappa shape index (κ1) is 39.9. The summed E-state index contributed by atoms with van der Waals surface area (Å²) in [7, 11) is 4.09. The van der Waals surface area contributed by atoms with Gasteiger partial charge in [-0.25, -0.2) is 0 Å². The molecule has 2 saturated heterocycles. The zero-order valence-electron chi connectivity index (χ0n) is 28.2. The van der Waals surface area contributed by atoms with Crippen molar-refractivity contribution in [2.24, 2.45) is 0 Å². The van der Waals surface area contributed by atoms with Crippen molar-refractivity contribution in [3.8, 4) is 0 Å². The lowest BCUT2D eigenvalue weighted by Gasteiger charge is -2.29. The molecular weight excluding hydrogens is 472 g/mol. The summed E-state index contributed by atoms with van der Waals surface area (Å²) in [5.74, 6) is 0. The Morgan fingerprint density at radius 3 is 1.13 bits per heavy atom. The number of nitrogens with zero attached hydrogens (tertiary/aromatic N) is 4. The molecule has 2 fully saturated rings. The third kappa shape index (κ3) is 27.3. The van der Waals surface area contributed by atoms with Crippen molar-refractivity contribution in [2.75, 3.05) is 79.7 Å². The highest BCUT2D eigenvalue weighted by Gasteiger charge is 2.12. The molecule has 232 valence electrons. The molecule has 0 aromatic heterocycles. The molecule has 0 atom stereocenters. The van der Waals surface area contributed by atoms with Crippen molar-refractivity contribution in [2.45, 2.75) is 132 Å². The van der Waals surface area contributed by atoms with Gasteiger partial charge in [-0.1, -0.05) is 26.7 Å². The second-order valence-corrected chi connectivity index (χ2v) is 12.1. The van der Waals surface area contributed by atoms with Gasteiger partial charge < -0.3 is 29.1 Å². The fourth-order valence-electron chi connectivity index (χ4n) is 4.30. The molecule has 0 N–H and O–H groups in total. The van der Waals surface area contributed by atoms with Crippen LogP contribution in [0.2, 0.25) is 0 Å². The number of likely N-dealkylation sites (tertiary alicyclic amines) is 2. The van der Waals surface area contributed by atoms with Crippen LogP contribution in [0.5, 0.6) is 0 Å². The van der Waals surface area contributed by atoms with E-state index in [2.05, 4.69) is 88.8 Å². The largest absolute Gasteiger partial charge is 0.377 e. The van der Waals surface area contributed by atoms with E-state index in [1.54, 1.807) is 0 Å². The van der Waals surface area contributed by atoms with E-state index in [0.717, 1.165) is 51.5 Å². The van der Waals surface area contributed by atoms with Gasteiger partial charge in [-0.2, -0.15) is 0 Å². The zero-order valence-corrected chi connectivity index (χ0v) is 28.2. The van der Waals surface area contributed by atoms with Gasteiger partial charge in [0.25, 0.3) is 0 Å². The Bertz CT molecular complexity index is 426. The zero-order chi connectivity index (χ0) is 29.3. The van der Waals surface area contributed by atoms with Crippen LogP contribution in [0.25, 0.3) is 0 Å². The average molecular weight is 545 g/mol. The van der Waals surface area contributed by atoms with Crippen LogP contribution < -0.4 is 0 Å². The van der Waals surface area contributed by atoms with Crippen LogP contribution in [-0.4, -0.2) is 124 Å². The molecule has 0 amide bonds. The fourth-order valence-corrected chi connectivity index (χ4v) is 4.30. The molecule has 6 heteroatoms. The van der Waals surface area contributed by atoms with Gasteiger partial charge >= 0.3 is 0 Å². The van der Waals surface area contributed by atoms with Gasteiger partial charge in [0, 0.05) is 25.2 Å². The second-order valence-electron chi connectivity index (χ2n) is 12.1. The number of hydrogen-bond acceptors (Lipinski definition) is 6. The lowest BCUT2D eigenvalue weighted by Crippen LogP contribution is -2.35. The molecule has 0 spiro atoms. The fraction of sp³-hybridized carbons (Fsp3) is 1.00. The molecule has 0 aliphatic carbocycles. The summed E-state index contributed by atoms with van der Waals surface area (Å²) in [6.45, 7) is 33.1. The molecule has 2 heterocycles. The van der Waals surface area contributed by atoms with Gasteiger partial charge in [0.1, 0.15) is 0 Å². The highest BCUT2D eigenvalue weighted by atomic mass is 16.5. The lowest BCUT2D eigenvalue weighted by atomic mass is 10.1. The van der Waals surface area contributed by atoms with Crippen LogP contribution in [0.1, 0.15) is 108 Å². The predicted molar refractivity (Wildman–Crippen MR) is 170 cm³/mol. The third-order valence-electron chi connectivity index (χ3n) is 6.98. The van der Waals surface area contributed by atoms with Crippen LogP contribution in [0.4, 0.5) is 0 Å². The summed E-state index contributed by atoms with van der Waals surface area (Å²) in [4.78, 5) is 9.60. The van der Waals surface area contributed by atoms with Crippen molar-refractivity contribution in [3.05, 3.63) is 0 Å². The summed E-state index contributed by atoms with van der Waals surface area (Å²) >= 11 is 0. The topological polar surface area (TPSA) is 31.4 Å². The van der Waals surface area contributed by atoms with E-state index in [1.165, 1.54) is 64.7 Å². The molecule has 0 aromatic rings. The molecule has 2 aliphatic rings. The van der Waals surface area contributed by atoms with Gasteiger partial charge in [-0.15, -0.1) is 0 Å². The minimum absolute atomic E-state index is 0.366. The quantitative estimate of drug-likeness (QED) is 0.279. The van der Waals surface area contributed by atoms with E-state index in [4.69, 9.17) is 9.47 Å². The van der Waals surface area contributed by atoms with E-state index in [0.29, 0.717) is 12.2 Å².